The van der Waals surface area contributed by atoms with Crippen LogP contribution in [-0.4, -0.2) is 27.2 Å². The maximum Gasteiger partial charge on any atom is 0.345 e. The fraction of sp³-hybridized carbons (Fsp3) is 0.125. The molecule has 0 radical (unpaired) electrons. The largest absolute Gasteiger partial charge is 0.462 e. The summed E-state index contributed by atoms with van der Waals surface area (Å²) in [4.78, 5) is 25.7. The van der Waals surface area contributed by atoms with Crippen molar-refractivity contribution in [3.8, 4) is 0 Å². The number of carbonyl (C=O) groups excluding carboxylic acids is 1. The van der Waals surface area contributed by atoms with Gasteiger partial charge in [-0.15, -0.1) is 21.5 Å². The van der Waals surface area contributed by atoms with Gasteiger partial charge in [-0.3, -0.25) is 9.20 Å². The summed E-state index contributed by atoms with van der Waals surface area (Å²) in [6.07, 6.45) is 0. The average molecular weight is 360 g/mol. The minimum absolute atomic E-state index is 0.00498. The van der Waals surface area contributed by atoms with Crippen LogP contribution < -0.4 is 5.43 Å². The van der Waals surface area contributed by atoms with Crippen molar-refractivity contribution in [3.63, 3.8) is 0 Å². The third kappa shape index (κ3) is 2.09. The Morgan fingerprint density at radius 2 is 2.12 bits per heavy atom. The van der Waals surface area contributed by atoms with Gasteiger partial charge in [-0.2, -0.15) is 0 Å². The molecule has 24 heavy (non-hydrogen) atoms. The molecule has 3 aromatic heterocycles. The third-order valence-electron chi connectivity index (χ3n) is 3.64. The number of ether oxygens (including phenoxy) is 1. The zero-order chi connectivity index (χ0) is 16.8. The molecule has 4 rings (SSSR count). The number of nitrogens with zero attached hydrogens (tertiary/aromatic N) is 3. The molecule has 0 atom stereocenters. The molecule has 0 bridgehead atoms. The number of carbonyl (C=O) groups is 1. The average Bonchev–Trinajstić information content (AvgIpc) is 2.94. The molecule has 120 valence electrons. The Morgan fingerprint density at radius 1 is 1.33 bits per heavy atom. The second-order valence-electron chi connectivity index (χ2n) is 5.04. The number of aromatic nitrogens is 3. The van der Waals surface area contributed by atoms with Gasteiger partial charge in [0.1, 0.15) is 10.4 Å². The number of halogens is 1. The van der Waals surface area contributed by atoms with E-state index in [0.29, 0.717) is 10.5 Å². The van der Waals surface area contributed by atoms with Crippen LogP contribution in [0.25, 0.3) is 26.1 Å². The number of rotatable bonds is 2. The second-order valence-corrected chi connectivity index (χ2v) is 6.46. The van der Waals surface area contributed by atoms with Crippen molar-refractivity contribution in [2.24, 2.45) is 0 Å². The Bertz CT molecular complexity index is 1180. The number of esters is 1. The van der Waals surface area contributed by atoms with Gasteiger partial charge in [-0.1, -0.05) is 23.7 Å². The molecule has 0 saturated carbocycles. The van der Waals surface area contributed by atoms with E-state index in [1.54, 1.807) is 11.3 Å². The Labute approximate surface area is 144 Å². The lowest BCUT2D eigenvalue weighted by Crippen LogP contribution is -2.20. The van der Waals surface area contributed by atoms with Gasteiger partial charge in [-0.05, 0) is 25.1 Å². The van der Waals surface area contributed by atoms with Gasteiger partial charge >= 0.3 is 5.97 Å². The summed E-state index contributed by atoms with van der Waals surface area (Å²) in [5.74, 6) is -0.651. The molecule has 0 N–H and O–H groups in total. The summed E-state index contributed by atoms with van der Waals surface area (Å²) in [7, 11) is 0. The lowest BCUT2D eigenvalue weighted by atomic mass is 10.2. The molecular formula is C16H10ClN3O3S. The van der Waals surface area contributed by atoms with Crippen molar-refractivity contribution in [2.45, 2.75) is 6.92 Å². The number of fused-ring (bicyclic) bond motifs is 5. The van der Waals surface area contributed by atoms with E-state index in [2.05, 4.69) is 10.2 Å². The van der Waals surface area contributed by atoms with Gasteiger partial charge in [0.2, 0.25) is 5.43 Å². The Kier molecular flexibility index (Phi) is 3.47. The maximum absolute atomic E-state index is 12.9. The summed E-state index contributed by atoms with van der Waals surface area (Å²) in [6, 6.07) is 9.01. The molecule has 0 aliphatic heterocycles. The first kappa shape index (κ1) is 15.0. The summed E-state index contributed by atoms with van der Waals surface area (Å²) < 4.78 is 7.76. The van der Waals surface area contributed by atoms with E-state index in [1.807, 2.05) is 24.3 Å². The van der Waals surface area contributed by atoms with E-state index in [0.717, 1.165) is 10.2 Å². The van der Waals surface area contributed by atoms with Gasteiger partial charge < -0.3 is 4.74 Å². The van der Waals surface area contributed by atoms with Crippen LogP contribution in [0.2, 0.25) is 5.15 Å². The van der Waals surface area contributed by atoms with Crippen molar-refractivity contribution < 1.29 is 9.53 Å². The van der Waals surface area contributed by atoms with E-state index in [4.69, 9.17) is 16.3 Å². The minimum atomic E-state index is -0.651. The lowest BCUT2D eigenvalue weighted by molar-refractivity contribution is 0.0527. The first-order valence-corrected chi connectivity index (χ1v) is 8.37. The van der Waals surface area contributed by atoms with Crippen LogP contribution in [0.15, 0.2) is 35.1 Å². The normalized spacial score (nSPS) is 11.4. The van der Waals surface area contributed by atoms with Crippen LogP contribution in [0.4, 0.5) is 0 Å². The number of pyridine rings is 1. The molecule has 1 aromatic carbocycles. The van der Waals surface area contributed by atoms with Gasteiger partial charge in [0, 0.05) is 0 Å². The first-order chi connectivity index (χ1) is 11.6. The first-order valence-electron chi connectivity index (χ1n) is 7.18. The predicted octanol–water partition coefficient (Wildman–Crippen LogP) is 3.29. The van der Waals surface area contributed by atoms with Crippen molar-refractivity contribution in [1.82, 2.24) is 14.6 Å². The number of hydrogen-bond acceptors (Lipinski definition) is 6. The monoisotopic (exact) mass is 359 g/mol. The molecule has 0 fully saturated rings. The molecule has 0 unspecified atom stereocenters. The highest BCUT2D eigenvalue weighted by atomic mass is 35.5. The van der Waals surface area contributed by atoms with Crippen molar-refractivity contribution in [2.75, 3.05) is 6.61 Å². The standard InChI is InChI=1S/C16H10ClN3O3S/c1-2-23-16(22)12-13(21)8-7-11(17)18-19-14(8)20-9-5-3-4-6-10(9)24-15(12)20/h3-7H,2H2,1H3. The fourth-order valence-corrected chi connectivity index (χ4v) is 3.99. The third-order valence-corrected chi connectivity index (χ3v) is 4.97. The minimum Gasteiger partial charge on any atom is -0.462 e. The summed E-state index contributed by atoms with van der Waals surface area (Å²) >= 11 is 7.23. The van der Waals surface area contributed by atoms with Gasteiger partial charge in [0.25, 0.3) is 0 Å². The van der Waals surface area contributed by atoms with E-state index < -0.39 is 11.4 Å². The second kappa shape index (κ2) is 5.54. The number of thiazole rings is 1. The van der Waals surface area contributed by atoms with Crippen LogP contribution in [0.3, 0.4) is 0 Å². The molecule has 4 aromatic rings. The highest BCUT2D eigenvalue weighted by Gasteiger charge is 2.23. The molecule has 6 nitrogen and oxygen atoms in total. The van der Waals surface area contributed by atoms with E-state index >= 15 is 0 Å². The SMILES string of the molecule is CCOC(=O)c1c(=O)c2cc(Cl)nnc2n2c1sc1ccccc12. The van der Waals surface area contributed by atoms with Gasteiger partial charge in [-0.25, -0.2) is 4.79 Å². The zero-order valence-corrected chi connectivity index (χ0v) is 14.0. The molecule has 0 saturated heterocycles. The number of para-hydroxylation sites is 1. The fourth-order valence-electron chi connectivity index (χ4n) is 2.67. The highest BCUT2D eigenvalue weighted by molar-refractivity contribution is 7.24. The summed E-state index contributed by atoms with van der Waals surface area (Å²) in [5.41, 5.74) is 0.746. The topological polar surface area (TPSA) is 73.6 Å². The van der Waals surface area contributed by atoms with Crippen molar-refractivity contribution in [1.29, 1.82) is 0 Å². The zero-order valence-electron chi connectivity index (χ0n) is 12.4. The van der Waals surface area contributed by atoms with E-state index in [9.17, 15) is 9.59 Å². The van der Waals surface area contributed by atoms with E-state index in [-0.39, 0.29) is 22.7 Å². The van der Waals surface area contributed by atoms with Crippen LogP contribution in [0.5, 0.6) is 0 Å². The van der Waals surface area contributed by atoms with Crippen LogP contribution >= 0.6 is 22.9 Å². The molecule has 3 heterocycles. The van der Waals surface area contributed by atoms with Crippen molar-refractivity contribution in [3.05, 3.63) is 51.3 Å². The Hall–Kier alpha value is -2.51. The van der Waals surface area contributed by atoms with Crippen molar-refractivity contribution >= 4 is 55.0 Å². The Morgan fingerprint density at radius 3 is 2.92 bits per heavy atom. The predicted molar refractivity (Wildman–Crippen MR) is 93.1 cm³/mol. The molecule has 0 aliphatic carbocycles. The highest BCUT2D eigenvalue weighted by Crippen LogP contribution is 2.30. The lowest BCUT2D eigenvalue weighted by Gasteiger charge is -2.07. The maximum atomic E-state index is 12.9. The molecule has 0 aliphatic rings. The number of benzene rings is 1. The van der Waals surface area contributed by atoms with Gasteiger partial charge in [0.05, 0.1) is 22.2 Å². The van der Waals surface area contributed by atoms with E-state index in [1.165, 1.54) is 17.4 Å². The summed E-state index contributed by atoms with van der Waals surface area (Å²) in [5, 5.41) is 8.24. The van der Waals surface area contributed by atoms with Crippen LogP contribution in [0, 0.1) is 0 Å². The summed E-state index contributed by atoms with van der Waals surface area (Å²) in [6.45, 7) is 1.88. The molecule has 8 heteroatoms. The van der Waals surface area contributed by atoms with Gasteiger partial charge in [0.15, 0.2) is 10.8 Å². The smallest absolute Gasteiger partial charge is 0.345 e. The quantitative estimate of drug-likeness (QED) is 0.513. The Balaban J connectivity index is 2.29. The molecular weight excluding hydrogens is 350 g/mol. The van der Waals surface area contributed by atoms with Crippen LogP contribution in [0.1, 0.15) is 17.3 Å². The van der Waals surface area contributed by atoms with Crippen LogP contribution in [-0.2, 0) is 4.74 Å². The molecule has 0 amide bonds. The number of hydrogen-bond donors (Lipinski definition) is 0. The molecule has 0 spiro atoms.